The number of carbonyl (C=O) groups is 1. The molecule has 0 aliphatic heterocycles. The monoisotopic (exact) mass is 250 g/mol. The molecule has 0 bridgehead atoms. The summed E-state index contributed by atoms with van der Waals surface area (Å²) < 4.78 is 0. The van der Waals surface area contributed by atoms with Gasteiger partial charge in [-0.2, -0.15) is 0 Å². The van der Waals surface area contributed by atoms with Crippen LogP contribution < -0.4 is 10.6 Å². The first-order chi connectivity index (χ1) is 8.83. The molecule has 0 saturated heterocycles. The first-order valence-electron chi connectivity index (χ1n) is 6.45. The molecule has 0 spiro atoms. The molecule has 0 unspecified atom stereocenters. The van der Waals surface area contributed by atoms with Crippen molar-refractivity contribution in [2.24, 2.45) is 0 Å². The minimum atomic E-state index is 0.0148. The Bertz CT molecular complexity index is 328. The molecule has 4 heteroatoms. The van der Waals surface area contributed by atoms with Crippen molar-refractivity contribution in [1.82, 2.24) is 10.6 Å². The van der Waals surface area contributed by atoms with Gasteiger partial charge in [0.15, 0.2) is 0 Å². The molecule has 0 aromatic heterocycles. The largest absolute Gasteiger partial charge is 0.396 e. The molecule has 18 heavy (non-hydrogen) atoms. The first kappa shape index (κ1) is 14.7. The number of hydrogen-bond donors (Lipinski definition) is 3. The zero-order valence-corrected chi connectivity index (χ0v) is 10.7. The summed E-state index contributed by atoms with van der Waals surface area (Å²) in [5, 5.41) is 14.6. The number of benzene rings is 1. The normalized spacial score (nSPS) is 10.3. The summed E-state index contributed by atoms with van der Waals surface area (Å²) in [6.07, 6.45) is 2.82. The van der Waals surface area contributed by atoms with Crippen molar-refractivity contribution < 1.29 is 9.90 Å². The summed E-state index contributed by atoms with van der Waals surface area (Å²) in [6.45, 7) is 1.99. The fraction of sp³-hybridized carbons (Fsp3) is 0.500. The molecule has 100 valence electrons. The number of unbranched alkanes of at least 4 members (excludes halogenated alkanes) is 2. The zero-order valence-electron chi connectivity index (χ0n) is 10.7. The summed E-state index contributed by atoms with van der Waals surface area (Å²) in [4.78, 5) is 11.5. The first-order valence-corrected chi connectivity index (χ1v) is 6.45. The van der Waals surface area contributed by atoms with Crippen LogP contribution >= 0.6 is 0 Å². The second kappa shape index (κ2) is 9.62. The van der Waals surface area contributed by atoms with Gasteiger partial charge in [0.2, 0.25) is 5.91 Å². The zero-order chi connectivity index (χ0) is 13.1. The predicted octanol–water partition coefficient (Wildman–Crippen LogP) is 1.05. The molecule has 0 fully saturated rings. The number of carbonyl (C=O) groups excluding carboxylic acids is 1. The van der Waals surface area contributed by atoms with Gasteiger partial charge in [0.25, 0.3) is 0 Å². The van der Waals surface area contributed by atoms with Crippen LogP contribution in [0, 0.1) is 0 Å². The highest BCUT2D eigenvalue weighted by atomic mass is 16.2. The topological polar surface area (TPSA) is 61.4 Å². The highest BCUT2D eigenvalue weighted by molar-refractivity contribution is 5.77. The van der Waals surface area contributed by atoms with Gasteiger partial charge in [0.1, 0.15) is 0 Å². The molecule has 0 aliphatic carbocycles. The molecule has 0 heterocycles. The maximum atomic E-state index is 11.5. The number of amides is 1. The van der Waals surface area contributed by atoms with Crippen LogP contribution in [0.3, 0.4) is 0 Å². The molecule has 4 nitrogen and oxygen atoms in total. The third kappa shape index (κ3) is 7.04. The van der Waals surface area contributed by atoms with Crippen LogP contribution in [0.4, 0.5) is 0 Å². The molecule has 0 radical (unpaired) electrons. The fourth-order valence-corrected chi connectivity index (χ4v) is 1.60. The lowest BCUT2D eigenvalue weighted by molar-refractivity contribution is -0.120. The maximum absolute atomic E-state index is 11.5. The Morgan fingerprint density at radius 3 is 2.61 bits per heavy atom. The molecule has 0 atom stereocenters. The Labute approximate surface area is 108 Å². The Balaban J connectivity index is 2.01. The third-order valence-corrected chi connectivity index (χ3v) is 2.63. The van der Waals surface area contributed by atoms with E-state index < -0.39 is 0 Å². The number of rotatable bonds is 9. The summed E-state index contributed by atoms with van der Waals surface area (Å²) in [5.74, 6) is 0.0148. The van der Waals surface area contributed by atoms with Crippen molar-refractivity contribution in [3.63, 3.8) is 0 Å². The Hall–Kier alpha value is -1.39. The van der Waals surface area contributed by atoms with Gasteiger partial charge in [-0.05, 0) is 31.4 Å². The van der Waals surface area contributed by atoms with Crippen molar-refractivity contribution in [2.45, 2.75) is 25.8 Å². The average Bonchev–Trinajstić information content (AvgIpc) is 2.41. The van der Waals surface area contributed by atoms with Gasteiger partial charge in [-0.15, -0.1) is 0 Å². The van der Waals surface area contributed by atoms with Crippen molar-refractivity contribution in [3.05, 3.63) is 35.9 Å². The van der Waals surface area contributed by atoms with E-state index in [2.05, 4.69) is 10.6 Å². The van der Waals surface area contributed by atoms with Crippen LogP contribution in [-0.2, 0) is 11.3 Å². The lowest BCUT2D eigenvalue weighted by atomic mass is 10.2. The number of aliphatic hydroxyl groups excluding tert-OH is 1. The lowest BCUT2D eigenvalue weighted by Crippen LogP contribution is -2.33. The van der Waals surface area contributed by atoms with E-state index in [9.17, 15) is 4.79 Å². The maximum Gasteiger partial charge on any atom is 0.234 e. The highest BCUT2D eigenvalue weighted by Crippen LogP contribution is 1.96. The van der Waals surface area contributed by atoms with Crippen molar-refractivity contribution in [1.29, 1.82) is 0 Å². The van der Waals surface area contributed by atoms with Crippen LogP contribution in [0.5, 0.6) is 0 Å². The summed E-state index contributed by atoms with van der Waals surface area (Å²) in [7, 11) is 0. The minimum Gasteiger partial charge on any atom is -0.396 e. The second-order valence-electron chi connectivity index (χ2n) is 4.22. The SMILES string of the molecule is O=C(CNCCCCCO)NCc1ccccc1. The second-order valence-corrected chi connectivity index (χ2v) is 4.22. The quantitative estimate of drug-likeness (QED) is 0.574. The highest BCUT2D eigenvalue weighted by Gasteiger charge is 1.99. The molecule has 0 aliphatic rings. The summed E-state index contributed by atoms with van der Waals surface area (Å²) >= 11 is 0. The van der Waals surface area contributed by atoms with E-state index in [0.29, 0.717) is 13.1 Å². The smallest absolute Gasteiger partial charge is 0.234 e. The van der Waals surface area contributed by atoms with E-state index in [1.54, 1.807) is 0 Å². The van der Waals surface area contributed by atoms with Crippen molar-refractivity contribution >= 4 is 5.91 Å². The van der Waals surface area contributed by atoms with Gasteiger partial charge < -0.3 is 15.7 Å². The standard InChI is InChI=1S/C14H22N2O2/c17-10-6-2-5-9-15-12-14(18)16-11-13-7-3-1-4-8-13/h1,3-4,7-8,15,17H,2,5-6,9-12H2,(H,16,18). The molecular weight excluding hydrogens is 228 g/mol. The van der Waals surface area contributed by atoms with Crippen LogP contribution in [-0.4, -0.2) is 30.7 Å². The molecule has 1 amide bonds. The van der Waals surface area contributed by atoms with E-state index in [0.717, 1.165) is 31.4 Å². The van der Waals surface area contributed by atoms with Crippen LogP contribution in [0.2, 0.25) is 0 Å². The van der Waals surface area contributed by atoms with Gasteiger partial charge in [0, 0.05) is 13.2 Å². The van der Waals surface area contributed by atoms with Gasteiger partial charge in [-0.1, -0.05) is 30.3 Å². The van der Waals surface area contributed by atoms with Gasteiger partial charge in [-0.25, -0.2) is 0 Å². The van der Waals surface area contributed by atoms with E-state index in [-0.39, 0.29) is 12.5 Å². The summed E-state index contributed by atoms with van der Waals surface area (Å²) in [6, 6.07) is 9.85. The number of hydrogen-bond acceptors (Lipinski definition) is 3. The van der Waals surface area contributed by atoms with Gasteiger partial charge in [-0.3, -0.25) is 4.79 Å². The van der Waals surface area contributed by atoms with E-state index in [4.69, 9.17) is 5.11 Å². The van der Waals surface area contributed by atoms with Gasteiger partial charge >= 0.3 is 0 Å². The predicted molar refractivity (Wildman–Crippen MR) is 72.1 cm³/mol. The van der Waals surface area contributed by atoms with E-state index >= 15 is 0 Å². The fourth-order valence-electron chi connectivity index (χ4n) is 1.60. The molecule has 3 N–H and O–H groups in total. The van der Waals surface area contributed by atoms with E-state index in [1.807, 2.05) is 30.3 Å². The van der Waals surface area contributed by atoms with Crippen LogP contribution in [0.15, 0.2) is 30.3 Å². The minimum absolute atomic E-state index is 0.0148. The Morgan fingerprint density at radius 2 is 1.89 bits per heavy atom. The molecule has 1 aromatic rings. The third-order valence-electron chi connectivity index (χ3n) is 2.63. The van der Waals surface area contributed by atoms with E-state index in [1.165, 1.54) is 0 Å². The lowest BCUT2D eigenvalue weighted by Gasteiger charge is -2.06. The Kier molecular flexibility index (Phi) is 7.84. The van der Waals surface area contributed by atoms with Crippen LogP contribution in [0.1, 0.15) is 24.8 Å². The molecule has 0 saturated carbocycles. The Morgan fingerprint density at radius 1 is 1.11 bits per heavy atom. The van der Waals surface area contributed by atoms with Crippen molar-refractivity contribution in [3.8, 4) is 0 Å². The number of nitrogens with one attached hydrogen (secondary N) is 2. The summed E-state index contributed by atoms with van der Waals surface area (Å²) in [5.41, 5.74) is 1.11. The molecule has 1 aromatic carbocycles. The van der Waals surface area contributed by atoms with Crippen LogP contribution in [0.25, 0.3) is 0 Å². The van der Waals surface area contributed by atoms with Crippen molar-refractivity contribution in [2.75, 3.05) is 19.7 Å². The van der Waals surface area contributed by atoms with Gasteiger partial charge in [0.05, 0.1) is 6.54 Å². The molecular formula is C14H22N2O2. The average molecular weight is 250 g/mol. The number of aliphatic hydroxyl groups is 1. The molecule has 1 rings (SSSR count).